The van der Waals surface area contributed by atoms with Crippen molar-refractivity contribution >= 4 is 21.9 Å². The minimum Gasteiger partial charge on any atom is -0.545 e. The van der Waals surface area contributed by atoms with Gasteiger partial charge in [0.05, 0.1) is 5.97 Å². The normalized spacial score (nSPS) is 8.45. The number of carboxylic acid groups (broad SMARTS) is 1. The van der Waals surface area contributed by atoms with Gasteiger partial charge in [-0.1, -0.05) is 34.1 Å². The Balaban J connectivity index is 0.000001000. The molecule has 0 aliphatic carbocycles. The molecule has 1 rings (SSSR count). The van der Waals surface area contributed by atoms with E-state index in [-0.39, 0.29) is 29.5 Å². The van der Waals surface area contributed by atoms with Gasteiger partial charge >= 0.3 is 0 Å². The Morgan fingerprint density at radius 3 is 2.27 bits per heavy atom. The van der Waals surface area contributed by atoms with E-state index in [4.69, 9.17) is 0 Å². The first-order valence-electron chi connectivity index (χ1n) is 2.67. The minimum atomic E-state index is -1.16. The topological polar surface area (TPSA) is 40.1 Å². The number of carboxylic acids is 1. The van der Waals surface area contributed by atoms with Crippen molar-refractivity contribution in [2.24, 2.45) is 0 Å². The molecule has 0 atom stereocenters. The van der Waals surface area contributed by atoms with Crippen molar-refractivity contribution in [1.82, 2.24) is 0 Å². The molecule has 1 aromatic carbocycles. The molecule has 11 heavy (non-hydrogen) atoms. The molecule has 0 fully saturated rings. The van der Waals surface area contributed by atoms with Crippen molar-refractivity contribution < 1.29 is 33.9 Å². The summed E-state index contributed by atoms with van der Waals surface area (Å²) in [6.07, 6.45) is 0. The molecule has 0 spiro atoms. The van der Waals surface area contributed by atoms with Gasteiger partial charge in [-0.3, -0.25) is 0 Å². The molecule has 0 bridgehead atoms. The highest BCUT2D eigenvalue weighted by molar-refractivity contribution is 9.10. The minimum absolute atomic E-state index is 0. The zero-order valence-corrected chi connectivity index (χ0v) is 9.59. The number of hydrogen-bond acceptors (Lipinski definition) is 2. The predicted octanol–water partition coefficient (Wildman–Crippen LogP) is -2.72. The summed E-state index contributed by atoms with van der Waals surface area (Å²) in [6, 6.07) is 6.54. The van der Waals surface area contributed by atoms with Crippen LogP contribution in [0.3, 0.4) is 0 Å². The van der Waals surface area contributed by atoms with Crippen molar-refractivity contribution in [2.45, 2.75) is 0 Å². The number of aromatic carboxylic acids is 1. The fourth-order valence-electron chi connectivity index (χ4n) is 0.627. The fraction of sp³-hybridized carbons (Fsp3) is 0. The molecule has 0 aliphatic heterocycles. The third kappa shape index (κ3) is 2.78. The van der Waals surface area contributed by atoms with E-state index in [1.54, 1.807) is 18.2 Å². The van der Waals surface area contributed by atoms with Crippen LogP contribution in [0, 0.1) is 0 Å². The lowest BCUT2D eigenvalue weighted by atomic mass is 10.2. The van der Waals surface area contributed by atoms with Gasteiger partial charge in [-0.25, -0.2) is 0 Å². The maximum absolute atomic E-state index is 10.3. The molecule has 0 amide bonds. The summed E-state index contributed by atoms with van der Waals surface area (Å²) in [5, 5.41) is 10.3. The first-order valence-corrected chi connectivity index (χ1v) is 3.47. The molecule has 0 aliphatic rings. The summed E-state index contributed by atoms with van der Waals surface area (Å²) >= 11 is 3.08. The number of halogens is 2. The highest BCUT2D eigenvalue weighted by Gasteiger charge is 1.96. The molecule has 60 valence electrons. The van der Waals surface area contributed by atoms with Crippen molar-refractivity contribution in [2.75, 3.05) is 0 Å². The lowest BCUT2D eigenvalue weighted by molar-refractivity contribution is -0.255. The summed E-state index contributed by atoms with van der Waals surface area (Å²) in [6.45, 7) is 0. The van der Waals surface area contributed by atoms with E-state index in [2.05, 4.69) is 15.9 Å². The van der Waals surface area contributed by atoms with Gasteiger partial charge in [-0.2, -0.15) is 0 Å². The summed E-state index contributed by atoms with van der Waals surface area (Å²) in [4.78, 5) is 10.3. The summed E-state index contributed by atoms with van der Waals surface area (Å²) in [5.74, 6) is -1.16. The highest BCUT2D eigenvalue weighted by Crippen LogP contribution is 2.14. The molecule has 0 saturated carbocycles. The molecule has 0 radical (unpaired) electrons. The van der Waals surface area contributed by atoms with Crippen molar-refractivity contribution in [3.05, 3.63) is 34.3 Å². The second-order valence-electron chi connectivity index (χ2n) is 1.77. The van der Waals surface area contributed by atoms with Crippen LogP contribution in [0.5, 0.6) is 0 Å². The predicted molar refractivity (Wildman–Crippen MR) is 41.3 cm³/mol. The first-order chi connectivity index (χ1) is 4.72. The Kier molecular flexibility index (Phi) is 4.67. The second kappa shape index (κ2) is 4.71. The van der Waals surface area contributed by atoms with E-state index in [9.17, 15) is 9.90 Å². The molecule has 0 heterocycles. The number of hydrogen-bond donors (Lipinski definition) is 0. The quantitative estimate of drug-likeness (QED) is 0.526. The molecule has 4 heteroatoms. The highest BCUT2D eigenvalue weighted by atomic mass is 127. The number of carbonyl (C=O) groups excluding carboxylic acids is 1. The van der Waals surface area contributed by atoms with Crippen LogP contribution in [0.2, 0.25) is 0 Å². The summed E-state index contributed by atoms with van der Waals surface area (Å²) < 4.78 is 0.551. The monoisotopic (exact) mass is 328 g/mol. The van der Waals surface area contributed by atoms with Crippen LogP contribution in [0.1, 0.15) is 10.4 Å². The van der Waals surface area contributed by atoms with Crippen molar-refractivity contribution in [1.29, 1.82) is 0 Å². The van der Waals surface area contributed by atoms with E-state index in [0.29, 0.717) is 4.47 Å². The maximum Gasteiger partial charge on any atom is 0.235 e. The van der Waals surface area contributed by atoms with E-state index in [1.807, 2.05) is 0 Å². The van der Waals surface area contributed by atoms with Crippen LogP contribution < -0.4 is 29.1 Å². The Hall–Kier alpha value is -0.100. The Bertz CT molecular complexity index is 262. The van der Waals surface area contributed by atoms with Crippen LogP contribution in [0.4, 0.5) is 0 Å². The van der Waals surface area contributed by atoms with E-state index in [1.165, 1.54) is 6.07 Å². The third-order valence-electron chi connectivity index (χ3n) is 1.09. The van der Waals surface area contributed by atoms with Gasteiger partial charge in [0.1, 0.15) is 0 Å². The van der Waals surface area contributed by atoms with Gasteiger partial charge in [0.15, 0.2) is 0 Å². The van der Waals surface area contributed by atoms with Crippen molar-refractivity contribution in [3.8, 4) is 0 Å². The second-order valence-corrected chi connectivity index (χ2v) is 2.62. The summed E-state index contributed by atoms with van der Waals surface area (Å²) in [7, 11) is 0. The van der Waals surface area contributed by atoms with Crippen LogP contribution in [0.15, 0.2) is 28.7 Å². The zero-order valence-electron chi connectivity index (χ0n) is 5.45. The Labute approximate surface area is 89.8 Å². The molecule has 2 nitrogen and oxygen atoms in total. The summed E-state index contributed by atoms with van der Waals surface area (Å²) in [5.41, 5.74) is 0.183. The van der Waals surface area contributed by atoms with Gasteiger partial charge in [0, 0.05) is 10.0 Å². The van der Waals surface area contributed by atoms with Crippen LogP contribution in [-0.2, 0) is 0 Å². The SMILES string of the molecule is O=C([O-])c1ccccc1Br.[IH2+]. The van der Waals surface area contributed by atoms with E-state index >= 15 is 0 Å². The molecule has 0 N–H and O–H groups in total. The van der Waals surface area contributed by atoms with Crippen LogP contribution in [0.25, 0.3) is 0 Å². The largest absolute Gasteiger partial charge is 0.545 e. The van der Waals surface area contributed by atoms with Crippen LogP contribution >= 0.6 is 15.9 Å². The van der Waals surface area contributed by atoms with Gasteiger partial charge in [-0.05, 0) is 6.07 Å². The number of carbonyl (C=O) groups is 1. The van der Waals surface area contributed by atoms with E-state index in [0.717, 1.165) is 0 Å². The smallest absolute Gasteiger partial charge is 0.235 e. The molecular weight excluding hydrogens is 323 g/mol. The fourth-order valence-corrected chi connectivity index (χ4v) is 1.07. The molecule has 1 aromatic rings. The average molecular weight is 329 g/mol. The lowest BCUT2D eigenvalue weighted by Gasteiger charge is -2.02. The lowest BCUT2D eigenvalue weighted by Crippen LogP contribution is -3.00. The molecule has 0 aromatic heterocycles. The third-order valence-corrected chi connectivity index (χ3v) is 1.79. The Morgan fingerprint density at radius 1 is 1.36 bits per heavy atom. The van der Waals surface area contributed by atoms with Gasteiger partial charge < -0.3 is 9.90 Å². The van der Waals surface area contributed by atoms with Gasteiger partial charge in [0.25, 0.3) is 0 Å². The maximum atomic E-state index is 10.3. The molecule has 0 saturated heterocycles. The standard InChI is InChI=1S/C7H5BrO2.H2I/c8-6-4-2-1-3-5(6)7(9)10;/h1-4H,(H,9,10);1H2/q;+1/p-1. The first kappa shape index (κ1) is 10.9. The molecule has 0 unspecified atom stereocenters. The van der Waals surface area contributed by atoms with Crippen molar-refractivity contribution in [3.63, 3.8) is 0 Å². The average Bonchev–Trinajstić information content (AvgIpc) is 1.88. The van der Waals surface area contributed by atoms with Gasteiger partial charge in [-0.15, -0.1) is 0 Å². The van der Waals surface area contributed by atoms with Crippen LogP contribution in [-0.4, -0.2) is 5.97 Å². The molecular formula is C7H6BrIO2. The van der Waals surface area contributed by atoms with Gasteiger partial charge in [0.2, 0.25) is 24.0 Å². The number of rotatable bonds is 1. The zero-order chi connectivity index (χ0) is 7.56. The number of benzene rings is 1. The Morgan fingerprint density at radius 2 is 1.91 bits per heavy atom. The van der Waals surface area contributed by atoms with E-state index < -0.39 is 5.97 Å².